The number of carbonyl (C=O) groups is 1. The topological polar surface area (TPSA) is 79.5 Å². The van der Waals surface area contributed by atoms with E-state index in [0.717, 1.165) is 10.9 Å². The molecule has 0 aliphatic carbocycles. The fourth-order valence-electron chi connectivity index (χ4n) is 3.87. The summed E-state index contributed by atoms with van der Waals surface area (Å²) in [4.78, 5) is 20.1. The maximum absolute atomic E-state index is 14.9. The Labute approximate surface area is 187 Å². The second-order valence-corrected chi connectivity index (χ2v) is 7.59. The summed E-state index contributed by atoms with van der Waals surface area (Å²) < 4.78 is 30.8. The molecule has 0 aliphatic heterocycles. The van der Waals surface area contributed by atoms with E-state index < -0.39 is 23.6 Å². The predicted molar refractivity (Wildman–Crippen MR) is 120 cm³/mol. The quantitative estimate of drug-likeness (QED) is 0.434. The van der Waals surface area contributed by atoms with Crippen LogP contribution in [0.4, 0.5) is 8.78 Å². The Morgan fingerprint density at radius 1 is 1.03 bits per heavy atom. The van der Waals surface area contributed by atoms with Crippen molar-refractivity contribution in [2.75, 3.05) is 7.05 Å². The molecule has 0 saturated heterocycles. The van der Waals surface area contributed by atoms with E-state index in [9.17, 15) is 18.7 Å². The molecule has 164 valence electrons. The van der Waals surface area contributed by atoms with Crippen molar-refractivity contribution in [1.82, 2.24) is 19.7 Å². The maximum atomic E-state index is 14.9. The molecule has 5 aromatic rings. The Kier molecular flexibility index (Phi) is 5.07. The number of halogens is 2. The highest BCUT2D eigenvalue weighted by Crippen LogP contribution is 2.29. The van der Waals surface area contributed by atoms with Crippen LogP contribution in [0, 0.1) is 11.6 Å². The molecule has 3 aromatic heterocycles. The van der Waals surface area contributed by atoms with Gasteiger partial charge in [-0.1, -0.05) is 18.2 Å². The van der Waals surface area contributed by atoms with Crippen LogP contribution >= 0.6 is 0 Å². The van der Waals surface area contributed by atoms with Gasteiger partial charge in [-0.3, -0.25) is 14.2 Å². The van der Waals surface area contributed by atoms with E-state index in [4.69, 9.17) is 0 Å². The van der Waals surface area contributed by atoms with Gasteiger partial charge < -0.3 is 10.4 Å². The molecule has 2 aromatic carbocycles. The van der Waals surface area contributed by atoms with Crippen molar-refractivity contribution in [1.29, 1.82) is 0 Å². The molecule has 6 nitrogen and oxygen atoms in total. The zero-order valence-corrected chi connectivity index (χ0v) is 17.5. The molecule has 0 spiro atoms. The van der Waals surface area contributed by atoms with Gasteiger partial charge in [0.25, 0.3) is 5.91 Å². The summed E-state index contributed by atoms with van der Waals surface area (Å²) in [5.74, 6) is -1.89. The van der Waals surface area contributed by atoms with Gasteiger partial charge in [-0.05, 0) is 47.5 Å². The average molecular weight is 444 g/mol. The van der Waals surface area contributed by atoms with Crippen molar-refractivity contribution in [2.24, 2.45) is 0 Å². The number of benzene rings is 2. The minimum Gasteiger partial charge on any atom is -0.382 e. The number of rotatable bonds is 4. The normalized spacial score (nSPS) is 12.2. The number of hydrogen-bond donors (Lipinski definition) is 2. The molecule has 1 unspecified atom stereocenters. The Hall–Kier alpha value is -4.17. The molecule has 1 atom stereocenters. The first kappa shape index (κ1) is 20.7. The lowest BCUT2D eigenvalue weighted by molar-refractivity contribution is 0.0959. The monoisotopic (exact) mass is 444 g/mol. The zero-order valence-electron chi connectivity index (χ0n) is 17.5. The van der Waals surface area contributed by atoms with Crippen LogP contribution < -0.4 is 5.32 Å². The van der Waals surface area contributed by atoms with E-state index in [1.54, 1.807) is 24.5 Å². The number of imidazole rings is 1. The Bertz CT molecular complexity index is 1530. The lowest BCUT2D eigenvalue weighted by Gasteiger charge is -2.13. The molecule has 8 heteroatoms. The average Bonchev–Trinajstić information content (AvgIpc) is 3.27. The summed E-state index contributed by atoms with van der Waals surface area (Å²) in [5.41, 5.74) is 2.44. The Morgan fingerprint density at radius 2 is 1.85 bits per heavy atom. The number of aliphatic hydroxyl groups is 1. The highest BCUT2D eigenvalue weighted by Gasteiger charge is 2.19. The highest BCUT2D eigenvalue weighted by atomic mass is 19.1. The standard InChI is InChI=1S/C25H18F2N4O2/c1-28-25(33)18-6-4-14(10-19(18)26)17-11-20(27)24-30-12-22(31(24)13-17)23(32)16-5-7-21-15(9-16)3-2-8-29-21/h2-13,23,32H,1H3,(H,28,33). The molecule has 33 heavy (non-hydrogen) atoms. The van der Waals surface area contributed by atoms with E-state index in [1.165, 1.54) is 41.9 Å². The number of aliphatic hydroxyl groups excluding tert-OH is 1. The van der Waals surface area contributed by atoms with E-state index >= 15 is 0 Å². The van der Waals surface area contributed by atoms with Crippen LogP contribution in [-0.2, 0) is 0 Å². The van der Waals surface area contributed by atoms with Gasteiger partial charge in [0.2, 0.25) is 0 Å². The van der Waals surface area contributed by atoms with Crippen LogP contribution in [0.3, 0.4) is 0 Å². The maximum Gasteiger partial charge on any atom is 0.253 e. The van der Waals surface area contributed by atoms with Crippen LogP contribution in [-0.4, -0.2) is 32.4 Å². The molecular formula is C25H18F2N4O2. The largest absolute Gasteiger partial charge is 0.382 e. The van der Waals surface area contributed by atoms with Crippen LogP contribution in [0.1, 0.15) is 27.7 Å². The molecule has 0 saturated carbocycles. The fraction of sp³-hybridized carbons (Fsp3) is 0.0800. The lowest BCUT2D eigenvalue weighted by atomic mass is 10.0. The van der Waals surface area contributed by atoms with E-state index in [2.05, 4.69) is 15.3 Å². The second kappa shape index (κ2) is 8.07. The molecule has 0 fully saturated rings. The van der Waals surface area contributed by atoms with E-state index in [0.29, 0.717) is 22.4 Å². The highest BCUT2D eigenvalue weighted by molar-refractivity contribution is 5.94. The Morgan fingerprint density at radius 3 is 2.64 bits per heavy atom. The Balaban J connectivity index is 1.59. The summed E-state index contributed by atoms with van der Waals surface area (Å²) in [6.07, 6.45) is 3.61. The van der Waals surface area contributed by atoms with E-state index in [-0.39, 0.29) is 11.2 Å². The first-order valence-corrected chi connectivity index (χ1v) is 10.2. The molecular weight excluding hydrogens is 426 g/mol. The van der Waals surface area contributed by atoms with Crippen molar-refractivity contribution < 1.29 is 18.7 Å². The summed E-state index contributed by atoms with van der Waals surface area (Å²) in [6, 6.07) is 14.4. The number of amides is 1. The zero-order chi connectivity index (χ0) is 23.1. The summed E-state index contributed by atoms with van der Waals surface area (Å²) >= 11 is 0. The molecule has 0 aliphatic rings. The minimum atomic E-state index is -1.08. The van der Waals surface area contributed by atoms with Crippen molar-refractivity contribution in [3.8, 4) is 11.1 Å². The third kappa shape index (κ3) is 3.60. The SMILES string of the molecule is CNC(=O)c1ccc(-c2cc(F)c3ncc(C(O)c4ccc5ncccc5c4)n3c2)cc1F. The molecule has 5 rings (SSSR count). The number of carbonyl (C=O) groups excluding carboxylic acids is 1. The molecule has 0 bridgehead atoms. The second-order valence-electron chi connectivity index (χ2n) is 7.59. The van der Waals surface area contributed by atoms with E-state index in [1.807, 2.05) is 18.2 Å². The molecule has 3 heterocycles. The van der Waals surface area contributed by atoms with Gasteiger partial charge in [0.15, 0.2) is 11.5 Å². The van der Waals surface area contributed by atoms with Gasteiger partial charge in [-0.15, -0.1) is 0 Å². The van der Waals surface area contributed by atoms with Crippen LogP contribution in [0.15, 0.2) is 73.2 Å². The number of pyridine rings is 2. The minimum absolute atomic E-state index is 0.0395. The first-order valence-electron chi connectivity index (χ1n) is 10.2. The van der Waals surface area contributed by atoms with Crippen LogP contribution in [0.5, 0.6) is 0 Å². The summed E-state index contributed by atoms with van der Waals surface area (Å²) in [6.45, 7) is 0. The number of nitrogens with zero attached hydrogens (tertiary/aromatic N) is 3. The van der Waals surface area contributed by atoms with Gasteiger partial charge in [-0.25, -0.2) is 13.8 Å². The van der Waals surface area contributed by atoms with Crippen molar-refractivity contribution in [3.63, 3.8) is 0 Å². The third-order valence-electron chi connectivity index (χ3n) is 5.59. The van der Waals surface area contributed by atoms with Gasteiger partial charge in [-0.2, -0.15) is 0 Å². The number of aromatic nitrogens is 3. The van der Waals surface area contributed by atoms with Gasteiger partial charge >= 0.3 is 0 Å². The third-order valence-corrected chi connectivity index (χ3v) is 5.59. The lowest BCUT2D eigenvalue weighted by Crippen LogP contribution is -2.19. The number of nitrogens with one attached hydrogen (secondary N) is 1. The number of hydrogen-bond acceptors (Lipinski definition) is 4. The van der Waals surface area contributed by atoms with Crippen LogP contribution in [0.2, 0.25) is 0 Å². The van der Waals surface area contributed by atoms with Crippen molar-refractivity contribution >= 4 is 22.5 Å². The smallest absolute Gasteiger partial charge is 0.253 e. The number of fused-ring (bicyclic) bond motifs is 2. The fourth-order valence-corrected chi connectivity index (χ4v) is 3.87. The predicted octanol–water partition coefficient (Wildman–Crippen LogP) is 4.27. The van der Waals surface area contributed by atoms with Gasteiger partial charge in [0, 0.05) is 30.4 Å². The molecule has 1 amide bonds. The summed E-state index contributed by atoms with van der Waals surface area (Å²) in [7, 11) is 1.41. The van der Waals surface area contributed by atoms with Crippen molar-refractivity contribution in [3.05, 3.63) is 102 Å². The molecule has 2 N–H and O–H groups in total. The molecule has 0 radical (unpaired) electrons. The van der Waals surface area contributed by atoms with Crippen molar-refractivity contribution in [2.45, 2.75) is 6.10 Å². The summed E-state index contributed by atoms with van der Waals surface area (Å²) in [5, 5.41) is 14.3. The first-order chi connectivity index (χ1) is 16.0. The van der Waals surface area contributed by atoms with Gasteiger partial charge in [0.05, 0.1) is 23.0 Å². The van der Waals surface area contributed by atoms with Gasteiger partial charge in [0.1, 0.15) is 11.9 Å². The van der Waals surface area contributed by atoms with Crippen LogP contribution in [0.25, 0.3) is 27.7 Å².